The SMILES string of the molecule is CC(C)[C@@H](CC(=O)N[C@@H]1CCO[C@@H]1C(=O)O)NC(=O)OCC1c2ccccc2-c2ccccc21. The van der Waals surface area contributed by atoms with Crippen LogP contribution >= 0.6 is 0 Å². The molecule has 0 bridgehead atoms. The summed E-state index contributed by atoms with van der Waals surface area (Å²) in [6.07, 6.45) is -1.17. The molecule has 1 saturated heterocycles. The molecule has 0 radical (unpaired) electrons. The number of nitrogens with one attached hydrogen (secondary N) is 2. The minimum Gasteiger partial charge on any atom is -0.479 e. The molecule has 0 saturated carbocycles. The van der Waals surface area contributed by atoms with Crippen LogP contribution in [0.5, 0.6) is 0 Å². The molecule has 2 aromatic carbocycles. The Kier molecular flexibility index (Phi) is 7.17. The minimum absolute atomic E-state index is 0.0186. The van der Waals surface area contributed by atoms with Crippen molar-refractivity contribution >= 4 is 18.0 Å². The van der Waals surface area contributed by atoms with Gasteiger partial charge in [-0.05, 0) is 34.6 Å². The number of amides is 2. The van der Waals surface area contributed by atoms with Crippen LogP contribution in [0, 0.1) is 5.92 Å². The second kappa shape index (κ2) is 10.3. The van der Waals surface area contributed by atoms with Crippen molar-refractivity contribution in [3.8, 4) is 11.1 Å². The number of alkyl carbamates (subject to hydrolysis) is 1. The summed E-state index contributed by atoms with van der Waals surface area (Å²) < 4.78 is 10.8. The summed E-state index contributed by atoms with van der Waals surface area (Å²) in [7, 11) is 0. The zero-order chi connectivity index (χ0) is 24.2. The van der Waals surface area contributed by atoms with E-state index in [-0.39, 0.29) is 37.4 Å². The standard InChI is InChI=1S/C26H30N2O6/c1-15(2)22(13-23(29)27-21-11-12-33-24(21)25(30)31)28-26(32)34-14-20-18-9-5-3-7-16(18)17-8-4-6-10-19(17)20/h3-10,15,20-22,24H,11-14H2,1-2H3,(H,27,29)(H,28,32)(H,30,31)/t21-,22-,24+/m1/s1. The zero-order valence-corrected chi connectivity index (χ0v) is 19.3. The third-order valence-electron chi connectivity index (χ3n) is 6.54. The normalized spacial score (nSPS) is 19.9. The van der Waals surface area contributed by atoms with Crippen LogP contribution in [-0.4, -0.2) is 54.5 Å². The van der Waals surface area contributed by atoms with E-state index in [4.69, 9.17) is 9.47 Å². The number of hydrogen-bond acceptors (Lipinski definition) is 5. The third-order valence-corrected chi connectivity index (χ3v) is 6.54. The first-order valence-corrected chi connectivity index (χ1v) is 11.6. The Balaban J connectivity index is 1.34. The van der Waals surface area contributed by atoms with Gasteiger partial charge in [-0.2, -0.15) is 0 Å². The molecule has 8 heteroatoms. The van der Waals surface area contributed by atoms with E-state index >= 15 is 0 Å². The fourth-order valence-electron chi connectivity index (χ4n) is 4.69. The molecule has 34 heavy (non-hydrogen) atoms. The van der Waals surface area contributed by atoms with Gasteiger partial charge in [0.25, 0.3) is 0 Å². The van der Waals surface area contributed by atoms with Gasteiger partial charge in [0.05, 0.1) is 6.04 Å². The summed E-state index contributed by atoms with van der Waals surface area (Å²) in [4.78, 5) is 36.5. The number of carbonyl (C=O) groups excluding carboxylic acids is 2. The lowest BCUT2D eigenvalue weighted by molar-refractivity contribution is -0.148. The molecule has 4 rings (SSSR count). The Morgan fingerprint density at radius 3 is 2.26 bits per heavy atom. The topological polar surface area (TPSA) is 114 Å². The lowest BCUT2D eigenvalue weighted by atomic mass is 9.98. The maximum atomic E-state index is 12.6. The highest BCUT2D eigenvalue weighted by Crippen LogP contribution is 2.44. The van der Waals surface area contributed by atoms with Crippen molar-refractivity contribution in [1.29, 1.82) is 0 Å². The van der Waals surface area contributed by atoms with Gasteiger partial charge < -0.3 is 25.2 Å². The molecule has 0 unspecified atom stereocenters. The van der Waals surface area contributed by atoms with Crippen LogP contribution in [0.1, 0.15) is 43.7 Å². The maximum Gasteiger partial charge on any atom is 0.407 e. The Hall–Kier alpha value is -3.39. The predicted molar refractivity (Wildman–Crippen MR) is 125 cm³/mol. The fourth-order valence-corrected chi connectivity index (χ4v) is 4.69. The number of aliphatic carboxylic acids is 1. The molecule has 180 valence electrons. The number of carboxylic acid groups (broad SMARTS) is 1. The fraction of sp³-hybridized carbons (Fsp3) is 0.423. The second-order valence-electron chi connectivity index (χ2n) is 9.12. The molecule has 2 aromatic rings. The van der Waals surface area contributed by atoms with Crippen molar-refractivity contribution in [2.24, 2.45) is 5.92 Å². The van der Waals surface area contributed by atoms with Gasteiger partial charge >= 0.3 is 12.1 Å². The van der Waals surface area contributed by atoms with E-state index in [2.05, 4.69) is 34.9 Å². The van der Waals surface area contributed by atoms with E-state index < -0.39 is 30.3 Å². The first kappa shape index (κ1) is 23.8. The molecule has 1 aliphatic heterocycles. The summed E-state index contributed by atoms with van der Waals surface area (Å²) >= 11 is 0. The summed E-state index contributed by atoms with van der Waals surface area (Å²) in [6.45, 7) is 4.28. The molecule has 1 fully saturated rings. The zero-order valence-electron chi connectivity index (χ0n) is 19.3. The number of carboxylic acids is 1. The van der Waals surface area contributed by atoms with Crippen LogP contribution in [-0.2, 0) is 19.1 Å². The van der Waals surface area contributed by atoms with Crippen molar-refractivity contribution in [2.45, 2.75) is 50.8 Å². The van der Waals surface area contributed by atoms with E-state index in [1.165, 1.54) is 0 Å². The largest absolute Gasteiger partial charge is 0.479 e. The maximum absolute atomic E-state index is 12.6. The first-order valence-electron chi connectivity index (χ1n) is 11.6. The van der Waals surface area contributed by atoms with Crippen LogP contribution in [0.4, 0.5) is 4.79 Å². The number of ether oxygens (including phenoxy) is 2. The highest BCUT2D eigenvalue weighted by molar-refractivity contribution is 5.81. The number of carbonyl (C=O) groups is 3. The van der Waals surface area contributed by atoms with Gasteiger partial charge in [-0.25, -0.2) is 9.59 Å². The number of fused-ring (bicyclic) bond motifs is 3. The Morgan fingerprint density at radius 2 is 1.68 bits per heavy atom. The van der Waals surface area contributed by atoms with Crippen LogP contribution in [0.2, 0.25) is 0 Å². The van der Waals surface area contributed by atoms with E-state index in [0.717, 1.165) is 22.3 Å². The number of rotatable bonds is 8. The van der Waals surface area contributed by atoms with E-state index in [9.17, 15) is 19.5 Å². The Labute approximate surface area is 198 Å². The van der Waals surface area contributed by atoms with Gasteiger partial charge in [0.15, 0.2) is 6.10 Å². The predicted octanol–water partition coefficient (Wildman–Crippen LogP) is 3.30. The summed E-state index contributed by atoms with van der Waals surface area (Å²) in [5.74, 6) is -1.50. The van der Waals surface area contributed by atoms with Gasteiger partial charge in [-0.3, -0.25) is 4.79 Å². The summed E-state index contributed by atoms with van der Waals surface area (Å²) in [5, 5.41) is 14.7. The van der Waals surface area contributed by atoms with Crippen molar-refractivity contribution in [1.82, 2.24) is 10.6 Å². The molecule has 2 amide bonds. The van der Waals surface area contributed by atoms with Gasteiger partial charge in [-0.1, -0.05) is 62.4 Å². The molecular formula is C26H30N2O6. The van der Waals surface area contributed by atoms with Gasteiger partial charge in [-0.15, -0.1) is 0 Å². The highest BCUT2D eigenvalue weighted by atomic mass is 16.5. The number of hydrogen-bond donors (Lipinski definition) is 3. The molecule has 3 atom stereocenters. The van der Waals surface area contributed by atoms with Gasteiger partial charge in [0, 0.05) is 25.0 Å². The van der Waals surface area contributed by atoms with Crippen LogP contribution in [0.25, 0.3) is 11.1 Å². The van der Waals surface area contributed by atoms with Crippen molar-refractivity contribution in [3.05, 3.63) is 59.7 Å². The quantitative estimate of drug-likeness (QED) is 0.550. The Bertz CT molecular complexity index is 1020. The average molecular weight is 467 g/mol. The molecule has 8 nitrogen and oxygen atoms in total. The molecule has 3 N–H and O–H groups in total. The molecule has 0 spiro atoms. The number of benzene rings is 2. The van der Waals surface area contributed by atoms with Crippen LogP contribution in [0.15, 0.2) is 48.5 Å². The average Bonchev–Trinajstić information content (AvgIpc) is 3.40. The molecular weight excluding hydrogens is 436 g/mol. The van der Waals surface area contributed by atoms with Crippen LogP contribution in [0.3, 0.4) is 0 Å². The molecule has 0 aromatic heterocycles. The van der Waals surface area contributed by atoms with Gasteiger partial charge in [0.2, 0.25) is 5.91 Å². The van der Waals surface area contributed by atoms with E-state index in [1.54, 1.807) is 0 Å². The smallest absolute Gasteiger partial charge is 0.407 e. The van der Waals surface area contributed by atoms with Gasteiger partial charge in [0.1, 0.15) is 6.61 Å². The lowest BCUT2D eigenvalue weighted by Crippen LogP contribution is -2.47. The van der Waals surface area contributed by atoms with Crippen LogP contribution < -0.4 is 10.6 Å². The molecule has 1 heterocycles. The van der Waals surface area contributed by atoms with Crippen molar-refractivity contribution < 1.29 is 29.0 Å². The Morgan fingerprint density at radius 1 is 1.06 bits per heavy atom. The minimum atomic E-state index is -1.10. The van der Waals surface area contributed by atoms with Crippen molar-refractivity contribution in [3.63, 3.8) is 0 Å². The van der Waals surface area contributed by atoms with Crippen molar-refractivity contribution in [2.75, 3.05) is 13.2 Å². The van der Waals surface area contributed by atoms with E-state index in [1.807, 2.05) is 38.1 Å². The molecule has 1 aliphatic carbocycles. The summed E-state index contributed by atoms with van der Waals surface area (Å²) in [6, 6.07) is 15.2. The monoisotopic (exact) mass is 466 g/mol. The van der Waals surface area contributed by atoms with E-state index in [0.29, 0.717) is 6.42 Å². The third kappa shape index (κ3) is 5.07. The second-order valence-corrected chi connectivity index (χ2v) is 9.12. The summed E-state index contributed by atoms with van der Waals surface area (Å²) in [5.41, 5.74) is 4.56. The highest BCUT2D eigenvalue weighted by Gasteiger charge is 2.36. The first-order chi connectivity index (χ1) is 16.3. The lowest BCUT2D eigenvalue weighted by Gasteiger charge is -2.24. The molecule has 2 aliphatic rings.